The fraction of sp³-hybridized carbons (Fsp3) is 0.444. The molecule has 1 aliphatic carbocycles. The van der Waals surface area contributed by atoms with Gasteiger partial charge >= 0.3 is 12.4 Å². The average Bonchev–Trinajstić information content (AvgIpc) is 2.99. The van der Waals surface area contributed by atoms with Gasteiger partial charge < -0.3 is 5.32 Å². The van der Waals surface area contributed by atoms with E-state index in [0.29, 0.717) is 31.0 Å². The van der Waals surface area contributed by atoms with E-state index in [1.807, 2.05) is 0 Å². The summed E-state index contributed by atoms with van der Waals surface area (Å²) >= 11 is 0. The second kappa shape index (κ2) is 7.68. The summed E-state index contributed by atoms with van der Waals surface area (Å²) in [4.78, 5) is 12.1. The highest BCUT2D eigenvalue weighted by atomic mass is 19.4. The first kappa shape index (κ1) is 21.1. The van der Waals surface area contributed by atoms with Gasteiger partial charge in [0.2, 0.25) is 5.91 Å². The third-order valence-corrected chi connectivity index (χ3v) is 4.67. The Labute approximate surface area is 160 Å². The van der Waals surface area contributed by atoms with Crippen molar-refractivity contribution in [3.63, 3.8) is 0 Å². The number of carbonyl (C=O) groups is 1. The van der Waals surface area contributed by atoms with Crippen molar-refractivity contribution >= 4 is 5.91 Å². The van der Waals surface area contributed by atoms with Crippen LogP contribution in [0, 0.1) is 5.82 Å². The normalized spacial score (nSPS) is 14.6. The average molecular weight is 423 g/mol. The molecule has 1 amide bonds. The van der Waals surface area contributed by atoms with Crippen molar-refractivity contribution in [2.75, 3.05) is 0 Å². The zero-order valence-electron chi connectivity index (χ0n) is 14.9. The number of fused-ring (bicyclic) bond motifs is 1. The van der Waals surface area contributed by atoms with Gasteiger partial charge in [0, 0.05) is 17.8 Å². The quantitative estimate of drug-likeness (QED) is 0.748. The number of halogens is 7. The lowest BCUT2D eigenvalue weighted by atomic mass is 9.95. The van der Waals surface area contributed by atoms with Crippen LogP contribution in [0.4, 0.5) is 30.7 Å². The molecular weight excluding hydrogens is 407 g/mol. The summed E-state index contributed by atoms with van der Waals surface area (Å²) in [5, 5.41) is 5.76. The van der Waals surface area contributed by atoms with Gasteiger partial charge in [0.15, 0.2) is 5.69 Å². The molecule has 0 saturated carbocycles. The van der Waals surface area contributed by atoms with Crippen molar-refractivity contribution in [1.82, 2.24) is 15.1 Å². The molecule has 29 heavy (non-hydrogen) atoms. The summed E-state index contributed by atoms with van der Waals surface area (Å²) in [5.74, 6) is -1.87. The number of hydrogen-bond acceptors (Lipinski definition) is 2. The summed E-state index contributed by atoms with van der Waals surface area (Å²) in [6.45, 7) is -1.11. The minimum Gasteiger partial charge on any atom is -0.350 e. The highest BCUT2D eigenvalue weighted by Gasteiger charge is 2.39. The van der Waals surface area contributed by atoms with Crippen LogP contribution in [-0.2, 0) is 43.1 Å². The van der Waals surface area contributed by atoms with E-state index in [2.05, 4.69) is 10.4 Å². The molecule has 1 aromatic heterocycles. The third-order valence-electron chi connectivity index (χ3n) is 4.67. The van der Waals surface area contributed by atoms with E-state index in [-0.39, 0.29) is 17.5 Å². The summed E-state index contributed by atoms with van der Waals surface area (Å²) in [6, 6.07) is 2.05. The number of amides is 1. The predicted octanol–water partition coefficient (Wildman–Crippen LogP) is 4.26. The molecule has 1 N–H and O–H groups in total. The molecule has 2 aromatic rings. The van der Waals surface area contributed by atoms with Crippen LogP contribution < -0.4 is 5.32 Å². The van der Waals surface area contributed by atoms with E-state index in [4.69, 9.17) is 0 Å². The molecule has 0 bridgehead atoms. The van der Waals surface area contributed by atoms with Crippen molar-refractivity contribution in [3.8, 4) is 0 Å². The van der Waals surface area contributed by atoms with Crippen LogP contribution >= 0.6 is 0 Å². The highest BCUT2D eigenvalue weighted by Crippen LogP contribution is 2.36. The van der Waals surface area contributed by atoms with E-state index >= 15 is 0 Å². The molecular formula is C18H16F7N3O. The van der Waals surface area contributed by atoms with Crippen LogP contribution in [0.25, 0.3) is 0 Å². The van der Waals surface area contributed by atoms with E-state index in [1.54, 1.807) is 0 Å². The van der Waals surface area contributed by atoms with Crippen LogP contribution in [0.15, 0.2) is 18.2 Å². The summed E-state index contributed by atoms with van der Waals surface area (Å²) in [5.41, 5.74) is -2.23. The molecule has 0 fully saturated rings. The summed E-state index contributed by atoms with van der Waals surface area (Å²) in [6.07, 6.45) is -7.69. The van der Waals surface area contributed by atoms with Crippen LogP contribution in [0.5, 0.6) is 0 Å². The largest absolute Gasteiger partial charge is 0.435 e. The Balaban J connectivity index is 1.75. The Kier molecular flexibility index (Phi) is 5.59. The van der Waals surface area contributed by atoms with Gasteiger partial charge in [-0.15, -0.1) is 0 Å². The zero-order valence-corrected chi connectivity index (χ0v) is 14.9. The molecule has 3 rings (SSSR count). The maximum absolute atomic E-state index is 13.2. The minimum atomic E-state index is -4.81. The maximum atomic E-state index is 13.2. The molecule has 0 saturated heterocycles. The number of carbonyl (C=O) groups excluding carboxylic acids is 1. The first-order valence-electron chi connectivity index (χ1n) is 8.75. The van der Waals surface area contributed by atoms with E-state index in [0.717, 1.165) is 16.8 Å². The molecule has 0 aliphatic heterocycles. The minimum absolute atomic E-state index is 0.0643. The second-order valence-electron chi connectivity index (χ2n) is 6.71. The van der Waals surface area contributed by atoms with Crippen LogP contribution in [0.3, 0.4) is 0 Å². The van der Waals surface area contributed by atoms with Gasteiger partial charge in [0.1, 0.15) is 12.4 Å². The van der Waals surface area contributed by atoms with Crippen molar-refractivity contribution in [3.05, 3.63) is 52.1 Å². The van der Waals surface area contributed by atoms with Gasteiger partial charge in [-0.1, -0.05) is 6.07 Å². The fourth-order valence-corrected chi connectivity index (χ4v) is 3.38. The van der Waals surface area contributed by atoms with Crippen LogP contribution in [0.2, 0.25) is 0 Å². The first-order valence-corrected chi connectivity index (χ1v) is 8.75. The number of rotatable bonds is 4. The maximum Gasteiger partial charge on any atom is 0.435 e. The topological polar surface area (TPSA) is 46.9 Å². The Hall–Kier alpha value is -2.59. The number of nitrogens with zero attached hydrogens (tertiary/aromatic N) is 2. The first-order chi connectivity index (χ1) is 13.5. The monoisotopic (exact) mass is 423 g/mol. The van der Waals surface area contributed by atoms with Crippen LogP contribution in [0.1, 0.15) is 40.9 Å². The molecule has 11 heteroatoms. The highest BCUT2D eigenvalue weighted by molar-refractivity contribution is 5.75. The van der Waals surface area contributed by atoms with Gasteiger partial charge in [-0.25, -0.2) is 4.39 Å². The molecule has 4 nitrogen and oxygen atoms in total. The van der Waals surface area contributed by atoms with Gasteiger partial charge in [-0.05, 0) is 43.4 Å². The van der Waals surface area contributed by atoms with Gasteiger partial charge in [0.25, 0.3) is 0 Å². The molecule has 0 spiro atoms. The smallest absolute Gasteiger partial charge is 0.350 e. The molecule has 158 valence electrons. The zero-order chi connectivity index (χ0) is 21.4. The Bertz CT molecular complexity index is 915. The Morgan fingerprint density at radius 3 is 2.41 bits per heavy atom. The van der Waals surface area contributed by atoms with E-state index in [1.165, 1.54) is 0 Å². The number of aromatic nitrogens is 2. The van der Waals surface area contributed by atoms with E-state index in [9.17, 15) is 35.5 Å². The molecule has 1 aliphatic rings. The summed E-state index contributed by atoms with van der Waals surface area (Å²) in [7, 11) is 0. The lowest BCUT2D eigenvalue weighted by Crippen LogP contribution is -2.29. The van der Waals surface area contributed by atoms with Crippen LogP contribution in [-0.4, -0.2) is 15.7 Å². The fourth-order valence-electron chi connectivity index (χ4n) is 3.38. The molecule has 1 aromatic carbocycles. The molecule has 0 atom stereocenters. The Morgan fingerprint density at radius 1 is 1.07 bits per heavy atom. The van der Waals surface area contributed by atoms with Crippen molar-refractivity contribution in [2.45, 2.75) is 51.1 Å². The third kappa shape index (κ3) is 4.70. The second-order valence-corrected chi connectivity index (χ2v) is 6.71. The number of benzene rings is 1. The lowest BCUT2D eigenvalue weighted by Gasteiger charge is -2.15. The lowest BCUT2D eigenvalue weighted by molar-refractivity contribution is -0.142. The van der Waals surface area contributed by atoms with Crippen molar-refractivity contribution in [2.24, 2.45) is 0 Å². The summed E-state index contributed by atoms with van der Waals surface area (Å²) < 4.78 is 92.6. The van der Waals surface area contributed by atoms with Crippen molar-refractivity contribution in [1.29, 1.82) is 0 Å². The number of hydrogen-bond donors (Lipinski definition) is 1. The molecule has 0 radical (unpaired) electrons. The standard InChI is InChI=1S/C18H16F7N3O/c19-11-6-5-10(13(7-11)17(20,21)22)8-26-15(29)9-28-14-4-2-1-3-12(14)16(27-28)18(23,24)25/h5-7H,1-4,8-9H2,(H,26,29). The van der Waals surface area contributed by atoms with Gasteiger partial charge in [0.05, 0.1) is 5.56 Å². The van der Waals surface area contributed by atoms with Gasteiger partial charge in [-0.3, -0.25) is 9.48 Å². The van der Waals surface area contributed by atoms with Gasteiger partial charge in [-0.2, -0.15) is 31.4 Å². The Morgan fingerprint density at radius 2 is 1.76 bits per heavy atom. The predicted molar refractivity (Wildman–Crippen MR) is 87.1 cm³/mol. The van der Waals surface area contributed by atoms with E-state index < -0.39 is 48.4 Å². The molecule has 1 heterocycles. The number of alkyl halides is 6. The SMILES string of the molecule is O=C(Cn1nc(C(F)(F)F)c2c1CCCC2)NCc1ccc(F)cc1C(F)(F)F. The van der Waals surface area contributed by atoms with Crippen molar-refractivity contribution < 1.29 is 35.5 Å². The number of nitrogens with one attached hydrogen (secondary N) is 1. The molecule has 0 unspecified atom stereocenters.